The van der Waals surface area contributed by atoms with Crippen molar-refractivity contribution in [1.29, 1.82) is 0 Å². The molecule has 2 fully saturated rings. The van der Waals surface area contributed by atoms with Crippen LogP contribution in [0.5, 0.6) is 0 Å². The van der Waals surface area contributed by atoms with Crippen LogP contribution in [0, 0.1) is 5.92 Å². The molecule has 1 saturated heterocycles. The molecular weight excluding hydrogens is 268 g/mol. The maximum atomic E-state index is 12.0. The Morgan fingerprint density at radius 1 is 1.43 bits per heavy atom. The Kier molecular flexibility index (Phi) is 4.87. The summed E-state index contributed by atoms with van der Waals surface area (Å²) in [5, 5.41) is 9.63. The zero-order valence-corrected chi connectivity index (χ0v) is 12.4. The van der Waals surface area contributed by atoms with Gasteiger partial charge in [0, 0.05) is 12.6 Å². The minimum atomic E-state index is -0.139. The largest absolute Gasteiger partial charge is 0.447 e. The van der Waals surface area contributed by atoms with Crippen LogP contribution in [-0.4, -0.2) is 36.6 Å². The van der Waals surface area contributed by atoms with Gasteiger partial charge in [0.05, 0.1) is 6.54 Å². The Labute approximate surface area is 125 Å². The molecule has 0 bridgehead atoms. The Morgan fingerprint density at radius 3 is 3.10 bits per heavy atom. The van der Waals surface area contributed by atoms with Crippen molar-refractivity contribution in [2.45, 2.75) is 44.7 Å². The van der Waals surface area contributed by atoms with Crippen molar-refractivity contribution in [3.63, 3.8) is 0 Å². The summed E-state index contributed by atoms with van der Waals surface area (Å²) in [6.07, 6.45) is 7.41. The Morgan fingerprint density at radius 2 is 2.33 bits per heavy atom. The molecule has 6 heteroatoms. The van der Waals surface area contributed by atoms with Crippen molar-refractivity contribution in [3.05, 3.63) is 17.8 Å². The van der Waals surface area contributed by atoms with E-state index in [-0.39, 0.29) is 5.91 Å². The summed E-state index contributed by atoms with van der Waals surface area (Å²) in [4.78, 5) is 16.2. The molecule has 21 heavy (non-hydrogen) atoms. The number of nitrogens with zero attached hydrogens (tertiary/aromatic N) is 1. The third kappa shape index (κ3) is 4.54. The highest BCUT2D eigenvalue weighted by atomic mass is 16.3. The van der Waals surface area contributed by atoms with E-state index in [0.29, 0.717) is 36.6 Å². The van der Waals surface area contributed by atoms with Gasteiger partial charge >= 0.3 is 0 Å². The standard InChI is InChI=1S/C15H24N4O2/c20-15(17-7-5-11-2-1-6-16-8-11)13-10-21-14(19-13)9-18-12-3-4-12/h10-12,16,18H,1-9H2,(H,17,20). The van der Waals surface area contributed by atoms with Crippen LogP contribution in [0.2, 0.25) is 0 Å². The van der Waals surface area contributed by atoms with E-state index in [1.165, 1.54) is 31.9 Å². The monoisotopic (exact) mass is 292 g/mol. The number of amides is 1. The van der Waals surface area contributed by atoms with E-state index in [2.05, 4.69) is 20.9 Å². The van der Waals surface area contributed by atoms with Gasteiger partial charge < -0.3 is 20.4 Å². The molecule has 0 radical (unpaired) electrons. The average Bonchev–Trinajstić information content (AvgIpc) is 3.22. The summed E-state index contributed by atoms with van der Waals surface area (Å²) < 4.78 is 5.32. The van der Waals surface area contributed by atoms with Gasteiger partial charge in [0.15, 0.2) is 5.69 Å². The highest BCUT2D eigenvalue weighted by Crippen LogP contribution is 2.19. The van der Waals surface area contributed by atoms with Crippen LogP contribution in [0.1, 0.15) is 48.5 Å². The van der Waals surface area contributed by atoms with Crippen molar-refractivity contribution in [2.24, 2.45) is 5.92 Å². The molecule has 3 N–H and O–H groups in total. The molecule has 0 spiro atoms. The van der Waals surface area contributed by atoms with E-state index in [9.17, 15) is 4.79 Å². The molecular formula is C15H24N4O2. The number of rotatable bonds is 7. The Hall–Kier alpha value is -1.40. The zero-order valence-electron chi connectivity index (χ0n) is 12.4. The molecule has 1 aliphatic carbocycles. The zero-order chi connectivity index (χ0) is 14.5. The van der Waals surface area contributed by atoms with Crippen LogP contribution >= 0.6 is 0 Å². The second kappa shape index (κ2) is 7.04. The lowest BCUT2D eigenvalue weighted by atomic mass is 9.96. The van der Waals surface area contributed by atoms with Crippen LogP contribution in [0.15, 0.2) is 10.7 Å². The first kappa shape index (κ1) is 14.5. The second-order valence-electron chi connectivity index (χ2n) is 6.04. The van der Waals surface area contributed by atoms with Gasteiger partial charge in [-0.15, -0.1) is 0 Å². The molecule has 116 valence electrons. The van der Waals surface area contributed by atoms with Crippen molar-refractivity contribution >= 4 is 5.91 Å². The first-order valence-corrected chi connectivity index (χ1v) is 7.98. The van der Waals surface area contributed by atoms with Crippen molar-refractivity contribution in [3.8, 4) is 0 Å². The summed E-state index contributed by atoms with van der Waals surface area (Å²) in [6.45, 7) is 3.50. The molecule has 1 aromatic heterocycles. The number of oxazole rings is 1. The Bertz CT molecular complexity index is 464. The smallest absolute Gasteiger partial charge is 0.273 e. The molecule has 1 aromatic rings. The lowest BCUT2D eigenvalue weighted by Crippen LogP contribution is -2.33. The van der Waals surface area contributed by atoms with Gasteiger partial charge in [0.2, 0.25) is 5.89 Å². The summed E-state index contributed by atoms with van der Waals surface area (Å²) >= 11 is 0. The topological polar surface area (TPSA) is 79.2 Å². The second-order valence-corrected chi connectivity index (χ2v) is 6.04. The molecule has 1 aliphatic heterocycles. The fourth-order valence-electron chi connectivity index (χ4n) is 2.67. The number of carbonyl (C=O) groups excluding carboxylic acids is 1. The van der Waals surface area contributed by atoms with Gasteiger partial charge in [-0.05, 0) is 51.1 Å². The van der Waals surface area contributed by atoms with Gasteiger partial charge in [-0.2, -0.15) is 0 Å². The van der Waals surface area contributed by atoms with Gasteiger partial charge in [-0.3, -0.25) is 4.79 Å². The van der Waals surface area contributed by atoms with Crippen LogP contribution in [0.25, 0.3) is 0 Å². The fourth-order valence-corrected chi connectivity index (χ4v) is 2.67. The third-order valence-corrected chi connectivity index (χ3v) is 4.14. The minimum absolute atomic E-state index is 0.139. The third-order valence-electron chi connectivity index (χ3n) is 4.14. The Balaban J connectivity index is 1.37. The predicted octanol–water partition coefficient (Wildman–Crippen LogP) is 1.05. The highest BCUT2D eigenvalue weighted by molar-refractivity contribution is 5.91. The van der Waals surface area contributed by atoms with Crippen molar-refractivity contribution in [1.82, 2.24) is 20.9 Å². The van der Waals surface area contributed by atoms with E-state index < -0.39 is 0 Å². The highest BCUT2D eigenvalue weighted by Gasteiger charge is 2.21. The summed E-state index contributed by atoms with van der Waals surface area (Å²) in [7, 11) is 0. The summed E-state index contributed by atoms with van der Waals surface area (Å²) in [5.41, 5.74) is 0.379. The number of carbonyl (C=O) groups is 1. The number of aromatic nitrogens is 1. The molecule has 1 atom stereocenters. The lowest BCUT2D eigenvalue weighted by Gasteiger charge is -2.22. The predicted molar refractivity (Wildman–Crippen MR) is 78.9 cm³/mol. The van der Waals surface area contributed by atoms with E-state index >= 15 is 0 Å². The molecule has 1 saturated carbocycles. The molecule has 1 unspecified atom stereocenters. The van der Waals surface area contributed by atoms with Crippen LogP contribution in [0.3, 0.4) is 0 Å². The number of hydrogen-bond donors (Lipinski definition) is 3. The van der Waals surface area contributed by atoms with Crippen molar-refractivity contribution in [2.75, 3.05) is 19.6 Å². The fraction of sp³-hybridized carbons (Fsp3) is 0.733. The molecule has 3 rings (SSSR count). The van der Waals surface area contributed by atoms with Crippen LogP contribution < -0.4 is 16.0 Å². The molecule has 6 nitrogen and oxygen atoms in total. The first-order valence-electron chi connectivity index (χ1n) is 7.98. The normalized spacial score (nSPS) is 22.2. The maximum Gasteiger partial charge on any atom is 0.273 e. The average molecular weight is 292 g/mol. The van der Waals surface area contributed by atoms with Crippen molar-refractivity contribution < 1.29 is 9.21 Å². The van der Waals surface area contributed by atoms with E-state index in [0.717, 1.165) is 19.5 Å². The minimum Gasteiger partial charge on any atom is -0.447 e. The van der Waals surface area contributed by atoms with Crippen LogP contribution in [0.4, 0.5) is 0 Å². The lowest BCUT2D eigenvalue weighted by molar-refractivity contribution is 0.0945. The summed E-state index contributed by atoms with van der Waals surface area (Å²) in [6, 6.07) is 0.610. The number of nitrogens with one attached hydrogen (secondary N) is 3. The van der Waals surface area contributed by atoms with E-state index in [1.54, 1.807) is 0 Å². The molecule has 2 heterocycles. The molecule has 0 aromatic carbocycles. The SMILES string of the molecule is O=C(NCCC1CCCNC1)c1coc(CNC2CC2)n1. The van der Waals surface area contributed by atoms with E-state index in [1.807, 2.05) is 0 Å². The number of piperidine rings is 1. The first-order chi connectivity index (χ1) is 10.3. The van der Waals surface area contributed by atoms with Gasteiger partial charge in [0.25, 0.3) is 5.91 Å². The number of hydrogen-bond acceptors (Lipinski definition) is 5. The quantitative estimate of drug-likeness (QED) is 0.700. The molecule has 2 aliphatic rings. The van der Waals surface area contributed by atoms with Gasteiger partial charge in [0.1, 0.15) is 6.26 Å². The maximum absolute atomic E-state index is 12.0. The van der Waals surface area contributed by atoms with Gasteiger partial charge in [-0.1, -0.05) is 0 Å². The van der Waals surface area contributed by atoms with E-state index in [4.69, 9.17) is 4.42 Å². The summed E-state index contributed by atoms with van der Waals surface area (Å²) in [5.74, 6) is 1.12. The molecule has 1 amide bonds. The van der Waals surface area contributed by atoms with Crippen LogP contribution in [-0.2, 0) is 6.54 Å². The van der Waals surface area contributed by atoms with Gasteiger partial charge in [-0.25, -0.2) is 4.98 Å².